The molecule has 142 valence electrons. The number of rotatable bonds is 11. The van der Waals surface area contributed by atoms with Crippen molar-refractivity contribution in [3.05, 3.63) is 0 Å². The maximum Gasteiger partial charge on any atom is 0.475 e. The molecule has 2 atom stereocenters. The average molecular weight is 394 g/mol. The van der Waals surface area contributed by atoms with Crippen molar-refractivity contribution in [1.82, 2.24) is 0 Å². The van der Waals surface area contributed by atoms with E-state index in [1.807, 2.05) is 0 Å². The Kier molecular flexibility index (Phi) is 9.86. The van der Waals surface area contributed by atoms with Crippen molar-refractivity contribution in [3.63, 3.8) is 0 Å². The van der Waals surface area contributed by atoms with Crippen LogP contribution in [0.3, 0.4) is 0 Å². The fourth-order valence-corrected chi connectivity index (χ4v) is 2.87. The first-order valence-corrected chi connectivity index (χ1v) is 9.03. The normalized spacial score (nSPS) is 14.8. The number of carbonyl (C=O) groups is 2. The van der Waals surface area contributed by atoms with E-state index >= 15 is 0 Å². The minimum absolute atomic E-state index is 0.962. The van der Waals surface area contributed by atoms with Gasteiger partial charge in [-0.2, -0.15) is 0 Å². The van der Waals surface area contributed by atoms with Crippen molar-refractivity contribution < 1.29 is 55.3 Å². The quantitative estimate of drug-likeness (QED) is 0.363. The van der Waals surface area contributed by atoms with Gasteiger partial charge in [0.1, 0.15) is 0 Å². The molecule has 2 unspecified atom stereocenters. The summed E-state index contributed by atoms with van der Waals surface area (Å²) in [4.78, 5) is 23.8. The molecule has 0 bridgehead atoms. The van der Waals surface area contributed by atoms with Crippen LogP contribution in [0.1, 0.15) is 0 Å². The van der Waals surface area contributed by atoms with E-state index in [1.165, 1.54) is 0 Å². The van der Waals surface area contributed by atoms with Gasteiger partial charge in [-0.3, -0.25) is 27.1 Å². The standard InChI is InChI=1S/C10H20O12P2/c1-15-9(11)7(21-23(13,17-3)18-4)8(10(12)16-2)22-24(14,19-5)20-6/h7-8H,1-6H3. The summed E-state index contributed by atoms with van der Waals surface area (Å²) >= 11 is 0. The van der Waals surface area contributed by atoms with Gasteiger partial charge in [-0.1, -0.05) is 0 Å². The van der Waals surface area contributed by atoms with Crippen LogP contribution in [-0.2, 0) is 55.3 Å². The van der Waals surface area contributed by atoms with Gasteiger partial charge in [0.2, 0.25) is 12.2 Å². The van der Waals surface area contributed by atoms with Gasteiger partial charge in [0.25, 0.3) is 0 Å². The third kappa shape index (κ3) is 6.23. The van der Waals surface area contributed by atoms with E-state index < -0.39 is 39.8 Å². The van der Waals surface area contributed by atoms with Crippen molar-refractivity contribution in [3.8, 4) is 0 Å². The number of esters is 2. The number of carbonyl (C=O) groups excluding carboxylic acids is 2. The maximum absolute atomic E-state index is 12.1. The lowest BCUT2D eigenvalue weighted by Crippen LogP contribution is -2.44. The molecule has 0 saturated carbocycles. The van der Waals surface area contributed by atoms with Crippen molar-refractivity contribution in [1.29, 1.82) is 0 Å². The summed E-state index contributed by atoms with van der Waals surface area (Å²) in [7, 11) is -2.68. The molecule has 0 aliphatic rings. The van der Waals surface area contributed by atoms with E-state index in [4.69, 9.17) is 9.05 Å². The Morgan fingerprint density at radius 2 is 0.875 bits per heavy atom. The van der Waals surface area contributed by atoms with E-state index in [1.54, 1.807) is 0 Å². The second-order valence-electron chi connectivity index (χ2n) is 3.72. The highest BCUT2D eigenvalue weighted by Crippen LogP contribution is 2.53. The fraction of sp³-hybridized carbons (Fsp3) is 0.800. The topological polar surface area (TPSA) is 142 Å². The van der Waals surface area contributed by atoms with Gasteiger partial charge in [0.15, 0.2) is 0 Å². The first kappa shape index (κ1) is 23.2. The Morgan fingerprint density at radius 3 is 1.04 bits per heavy atom. The Balaban J connectivity index is 5.84. The summed E-state index contributed by atoms with van der Waals surface area (Å²) in [6.07, 6.45) is -4.04. The Bertz CT molecular complexity index is 458. The highest BCUT2D eigenvalue weighted by Gasteiger charge is 2.47. The van der Waals surface area contributed by atoms with Crippen LogP contribution >= 0.6 is 15.6 Å². The summed E-state index contributed by atoms with van der Waals surface area (Å²) in [6, 6.07) is 0. The molecule has 24 heavy (non-hydrogen) atoms. The van der Waals surface area contributed by atoms with Crippen molar-refractivity contribution in [2.45, 2.75) is 12.2 Å². The van der Waals surface area contributed by atoms with Crippen molar-refractivity contribution in [2.75, 3.05) is 42.7 Å². The zero-order valence-electron chi connectivity index (χ0n) is 13.9. The molecule has 0 aromatic carbocycles. The minimum Gasteiger partial charge on any atom is -0.467 e. The van der Waals surface area contributed by atoms with Gasteiger partial charge in [-0.25, -0.2) is 18.7 Å². The van der Waals surface area contributed by atoms with Crippen molar-refractivity contribution in [2.24, 2.45) is 0 Å². The molecular weight excluding hydrogens is 374 g/mol. The van der Waals surface area contributed by atoms with Gasteiger partial charge in [-0.05, 0) is 0 Å². The Hall–Kier alpha value is -0.840. The van der Waals surface area contributed by atoms with Crippen LogP contribution in [0.5, 0.6) is 0 Å². The van der Waals surface area contributed by atoms with Gasteiger partial charge in [-0.15, -0.1) is 0 Å². The molecule has 0 rings (SSSR count). The number of hydrogen-bond donors (Lipinski definition) is 0. The van der Waals surface area contributed by atoms with Crippen LogP contribution in [0.2, 0.25) is 0 Å². The molecular formula is C10H20O12P2. The van der Waals surface area contributed by atoms with Gasteiger partial charge < -0.3 is 9.47 Å². The molecule has 0 amide bonds. The Morgan fingerprint density at radius 1 is 0.625 bits per heavy atom. The molecule has 0 aliphatic carbocycles. The lowest BCUT2D eigenvalue weighted by Gasteiger charge is -2.27. The average Bonchev–Trinajstić information content (AvgIpc) is 2.62. The molecule has 12 nitrogen and oxygen atoms in total. The highest BCUT2D eigenvalue weighted by molar-refractivity contribution is 7.48. The van der Waals surface area contributed by atoms with E-state index in [9.17, 15) is 18.7 Å². The lowest BCUT2D eigenvalue weighted by molar-refractivity contribution is -0.168. The first-order chi connectivity index (χ1) is 11.2. The highest BCUT2D eigenvalue weighted by atomic mass is 31.2. The predicted octanol–water partition coefficient (Wildman–Crippen LogP) is 0.905. The largest absolute Gasteiger partial charge is 0.475 e. The van der Waals surface area contributed by atoms with Gasteiger partial charge in [0, 0.05) is 28.4 Å². The molecule has 0 spiro atoms. The van der Waals surface area contributed by atoms with Crippen LogP contribution < -0.4 is 0 Å². The van der Waals surface area contributed by atoms with Crippen LogP contribution in [0.25, 0.3) is 0 Å². The zero-order chi connectivity index (χ0) is 19.0. The van der Waals surface area contributed by atoms with Crippen LogP contribution in [0.4, 0.5) is 0 Å². The molecule has 0 saturated heterocycles. The predicted molar refractivity (Wildman–Crippen MR) is 77.0 cm³/mol. The SMILES string of the molecule is COC(=O)C(OP(=O)(OC)OC)C(OP(=O)(OC)OC)C(=O)OC. The molecule has 0 aromatic heterocycles. The van der Waals surface area contributed by atoms with Crippen molar-refractivity contribution >= 4 is 27.6 Å². The van der Waals surface area contributed by atoms with Crippen LogP contribution in [0.15, 0.2) is 0 Å². The first-order valence-electron chi connectivity index (χ1n) is 6.11. The summed E-state index contributed by atoms with van der Waals surface area (Å²) < 4.78 is 60.9. The fourth-order valence-electron chi connectivity index (χ4n) is 1.28. The molecule has 0 aliphatic heterocycles. The van der Waals surface area contributed by atoms with Gasteiger partial charge in [0.05, 0.1) is 14.2 Å². The summed E-state index contributed by atoms with van der Waals surface area (Å²) in [5, 5.41) is 0. The number of phosphoric acid groups is 2. The monoisotopic (exact) mass is 394 g/mol. The molecule has 0 N–H and O–H groups in total. The Labute approximate surface area is 138 Å². The van der Waals surface area contributed by atoms with E-state index in [0.717, 1.165) is 42.7 Å². The number of phosphoric ester groups is 2. The number of ether oxygens (including phenoxy) is 2. The summed E-state index contributed by atoms with van der Waals surface area (Å²) in [5.74, 6) is -2.42. The van der Waals surface area contributed by atoms with Crippen LogP contribution in [-0.4, -0.2) is 66.8 Å². The molecule has 0 radical (unpaired) electrons. The third-order valence-electron chi connectivity index (χ3n) is 2.52. The molecule has 0 fully saturated rings. The lowest BCUT2D eigenvalue weighted by atomic mass is 10.2. The smallest absolute Gasteiger partial charge is 0.467 e. The second kappa shape index (κ2) is 10.2. The van der Waals surface area contributed by atoms with E-state index in [2.05, 4.69) is 27.6 Å². The number of methoxy groups -OCH3 is 2. The molecule has 0 aromatic rings. The zero-order valence-corrected chi connectivity index (χ0v) is 15.7. The van der Waals surface area contributed by atoms with E-state index in [-0.39, 0.29) is 0 Å². The summed E-state index contributed by atoms with van der Waals surface area (Å²) in [6.45, 7) is 0. The second-order valence-corrected chi connectivity index (χ2v) is 7.39. The van der Waals surface area contributed by atoms with E-state index in [0.29, 0.717) is 0 Å². The molecule has 0 heterocycles. The number of hydrogen-bond acceptors (Lipinski definition) is 12. The minimum atomic E-state index is -4.25. The maximum atomic E-state index is 12.1. The molecule has 14 heteroatoms. The summed E-state index contributed by atoms with van der Waals surface area (Å²) in [5.41, 5.74) is 0. The van der Waals surface area contributed by atoms with Crippen LogP contribution in [0, 0.1) is 0 Å². The van der Waals surface area contributed by atoms with Gasteiger partial charge >= 0.3 is 27.6 Å². The third-order valence-corrected chi connectivity index (χ3v) is 5.28.